The number of azide groups is 1. The quantitative estimate of drug-likeness (QED) is 0.155. The molecule has 24 heavy (non-hydrogen) atoms. The summed E-state index contributed by atoms with van der Waals surface area (Å²) in [5.74, 6) is 0. The maximum Gasteiger partial charge on any atom is 0.269 e. The van der Waals surface area contributed by atoms with E-state index in [-0.39, 0.29) is 55.5 Å². The summed E-state index contributed by atoms with van der Waals surface area (Å²) in [6.45, 7) is 1.16. The average Bonchev–Trinajstić information content (AvgIpc) is 2.52. The van der Waals surface area contributed by atoms with Gasteiger partial charge in [-0.3, -0.25) is 10.1 Å². The molecule has 0 fully saturated rings. The molecule has 0 unspecified atom stereocenters. The molecule has 0 atom stereocenters. The van der Waals surface area contributed by atoms with Crippen LogP contribution in [0.25, 0.3) is 10.4 Å². The highest BCUT2D eigenvalue weighted by Crippen LogP contribution is 2.21. The number of hydrogen-bond acceptors (Lipinski definition) is 7. The van der Waals surface area contributed by atoms with Crippen molar-refractivity contribution < 1.29 is 22.8 Å². The number of rotatable bonds is 11. The van der Waals surface area contributed by atoms with E-state index in [0.29, 0.717) is 0 Å². The molecule has 1 rings (SSSR count). The van der Waals surface area contributed by atoms with Gasteiger partial charge in [0.05, 0.1) is 36.2 Å². The van der Waals surface area contributed by atoms with Gasteiger partial charge in [0.1, 0.15) is 0 Å². The Morgan fingerprint density at radius 1 is 1.25 bits per heavy atom. The van der Waals surface area contributed by atoms with Gasteiger partial charge in [-0.25, -0.2) is 13.6 Å². The van der Waals surface area contributed by atoms with E-state index in [1.807, 2.05) is 0 Å². The summed E-state index contributed by atoms with van der Waals surface area (Å²) >= 11 is 0. The Labute approximate surface area is 138 Å². The van der Waals surface area contributed by atoms with Crippen molar-refractivity contribution in [1.82, 2.24) is 0 Å². The third-order valence-corrected chi connectivity index (χ3v) is 3.86. The first-order chi connectivity index (χ1) is 11.4. The number of sulfonamides is 1. The lowest BCUT2D eigenvalue weighted by atomic mass is 10.1. The molecular formula is C12H17N5O6S. The lowest BCUT2D eigenvalue weighted by Gasteiger charge is -2.09. The van der Waals surface area contributed by atoms with E-state index in [1.54, 1.807) is 0 Å². The minimum Gasteiger partial charge on any atom is -0.379 e. The van der Waals surface area contributed by atoms with E-state index in [0.717, 1.165) is 12.1 Å². The van der Waals surface area contributed by atoms with Gasteiger partial charge in [-0.15, -0.1) is 0 Å². The first-order valence-corrected chi connectivity index (χ1v) is 8.37. The van der Waals surface area contributed by atoms with E-state index in [2.05, 4.69) is 10.0 Å². The second-order valence-electron chi connectivity index (χ2n) is 4.52. The summed E-state index contributed by atoms with van der Waals surface area (Å²) in [4.78, 5) is 12.6. The monoisotopic (exact) mass is 359 g/mol. The molecule has 0 spiro atoms. The summed E-state index contributed by atoms with van der Waals surface area (Å²) in [7, 11) is -3.98. The van der Waals surface area contributed by atoms with Crippen LogP contribution in [0.3, 0.4) is 0 Å². The largest absolute Gasteiger partial charge is 0.379 e. The van der Waals surface area contributed by atoms with Crippen molar-refractivity contribution in [3.8, 4) is 0 Å². The molecule has 0 amide bonds. The van der Waals surface area contributed by atoms with E-state index >= 15 is 0 Å². The first-order valence-electron chi connectivity index (χ1n) is 6.82. The number of nitro benzene ring substituents is 1. The van der Waals surface area contributed by atoms with Crippen molar-refractivity contribution in [2.75, 3.05) is 33.0 Å². The predicted octanol–water partition coefficient (Wildman–Crippen LogP) is 1.13. The average molecular weight is 359 g/mol. The van der Waals surface area contributed by atoms with Gasteiger partial charge in [0.15, 0.2) is 0 Å². The van der Waals surface area contributed by atoms with Crippen LogP contribution in [0, 0.1) is 10.1 Å². The first kappa shape index (κ1) is 19.8. The molecule has 0 aliphatic rings. The Bertz CT molecular complexity index is 717. The zero-order valence-corrected chi connectivity index (χ0v) is 13.5. The van der Waals surface area contributed by atoms with Gasteiger partial charge in [-0.2, -0.15) is 0 Å². The number of nitro groups is 1. The Hall–Kier alpha value is -2.24. The molecular weight excluding hydrogens is 342 g/mol. The lowest BCUT2D eigenvalue weighted by Crippen LogP contribution is -2.16. The molecule has 0 radical (unpaired) electrons. The van der Waals surface area contributed by atoms with E-state index in [4.69, 9.17) is 20.1 Å². The molecule has 2 N–H and O–H groups in total. The number of nitrogens with two attached hydrogens (primary N) is 1. The van der Waals surface area contributed by atoms with Crippen molar-refractivity contribution >= 4 is 15.7 Å². The highest BCUT2D eigenvalue weighted by molar-refractivity contribution is 7.89. The molecule has 1 aromatic rings. The van der Waals surface area contributed by atoms with Crippen molar-refractivity contribution in [3.05, 3.63) is 44.3 Å². The number of hydrogen-bond donors (Lipinski definition) is 1. The van der Waals surface area contributed by atoms with Gasteiger partial charge < -0.3 is 9.47 Å². The third kappa shape index (κ3) is 6.89. The van der Waals surface area contributed by atoms with E-state index in [9.17, 15) is 18.5 Å². The van der Waals surface area contributed by atoms with Gasteiger partial charge in [0, 0.05) is 23.6 Å². The molecule has 0 aromatic heterocycles. The standard InChI is InChI=1S/C12H17N5O6S/c13-16-15-4-6-23-8-7-22-5-3-10-9-11(17(18)19)1-2-12(10)24(14,20)21/h1-2,9H,3-8H2,(H2,14,20,21). The van der Waals surface area contributed by atoms with Gasteiger partial charge in [-0.05, 0) is 23.6 Å². The van der Waals surface area contributed by atoms with Crippen LogP contribution in [0.4, 0.5) is 5.69 Å². The topological polar surface area (TPSA) is 171 Å². The minimum atomic E-state index is -3.98. The summed E-state index contributed by atoms with van der Waals surface area (Å²) < 4.78 is 33.4. The highest BCUT2D eigenvalue weighted by atomic mass is 32.2. The van der Waals surface area contributed by atoms with Crippen LogP contribution in [0.1, 0.15) is 5.56 Å². The Kier molecular flexibility index (Phi) is 8.09. The van der Waals surface area contributed by atoms with Crippen LogP contribution in [0.2, 0.25) is 0 Å². The minimum absolute atomic E-state index is 0.142. The highest BCUT2D eigenvalue weighted by Gasteiger charge is 2.17. The van der Waals surface area contributed by atoms with E-state index < -0.39 is 14.9 Å². The van der Waals surface area contributed by atoms with Crippen LogP contribution in [0.15, 0.2) is 28.2 Å². The molecule has 12 heteroatoms. The third-order valence-electron chi connectivity index (χ3n) is 2.85. The molecule has 0 aliphatic carbocycles. The smallest absolute Gasteiger partial charge is 0.269 e. The molecule has 11 nitrogen and oxygen atoms in total. The Morgan fingerprint density at radius 2 is 1.92 bits per heavy atom. The molecule has 132 valence electrons. The lowest BCUT2D eigenvalue weighted by molar-refractivity contribution is -0.385. The molecule has 0 saturated carbocycles. The Balaban J connectivity index is 2.52. The van der Waals surface area contributed by atoms with E-state index in [1.165, 1.54) is 6.07 Å². The second-order valence-corrected chi connectivity index (χ2v) is 6.05. The van der Waals surface area contributed by atoms with Crippen LogP contribution >= 0.6 is 0 Å². The van der Waals surface area contributed by atoms with Crippen molar-refractivity contribution in [2.24, 2.45) is 10.3 Å². The maximum atomic E-state index is 11.5. The summed E-state index contributed by atoms with van der Waals surface area (Å²) in [6.07, 6.45) is 0.145. The fraction of sp³-hybridized carbons (Fsp3) is 0.500. The number of ether oxygens (including phenoxy) is 2. The maximum absolute atomic E-state index is 11.5. The van der Waals surface area contributed by atoms with Gasteiger partial charge in [0.2, 0.25) is 10.0 Å². The van der Waals surface area contributed by atoms with Gasteiger partial charge in [-0.1, -0.05) is 5.11 Å². The summed E-state index contributed by atoms with van der Waals surface area (Å²) in [5, 5.41) is 19.2. The second kappa shape index (κ2) is 9.80. The Morgan fingerprint density at radius 3 is 2.50 bits per heavy atom. The van der Waals surface area contributed by atoms with Crippen molar-refractivity contribution in [1.29, 1.82) is 0 Å². The normalized spacial score (nSPS) is 11.0. The van der Waals surface area contributed by atoms with Crippen molar-refractivity contribution in [2.45, 2.75) is 11.3 Å². The molecule has 1 aromatic carbocycles. The number of benzene rings is 1. The number of non-ortho nitro benzene ring substituents is 1. The summed E-state index contributed by atoms with van der Waals surface area (Å²) in [6, 6.07) is 3.36. The number of primary sulfonamides is 1. The van der Waals surface area contributed by atoms with Crippen LogP contribution in [0.5, 0.6) is 0 Å². The fourth-order valence-corrected chi connectivity index (χ4v) is 2.59. The number of nitrogens with zero attached hydrogens (tertiary/aromatic N) is 4. The molecule has 0 heterocycles. The van der Waals surface area contributed by atoms with Crippen molar-refractivity contribution in [3.63, 3.8) is 0 Å². The predicted molar refractivity (Wildman–Crippen MR) is 83.8 cm³/mol. The van der Waals surface area contributed by atoms with Crippen LogP contribution < -0.4 is 5.14 Å². The zero-order chi connectivity index (χ0) is 18.0. The van der Waals surface area contributed by atoms with Gasteiger partial charge >= 0.3 is 0 Å². The fourth-order valence-electron chi connectivity index (χ4n) is 1.81. The van der Waals surface area contributed by atoms with Gasteiger partial charge in [0.25, 0.3) is 5.69 Å². The SMILES string of the molecule is [N-]=[N+]=NCCOCCOCCc1cc([N+](=O)[O-])ccc1S(N)(=O)=O. The zero-order valence-electron chi connectivity index (χ0n) is 12.7. The van der Waals surface area contributed by atoms with Crippen LogP contribution in [-0.4, -0.2) is 46.3 Å². The molecule has 0 saturated heterocycles. The van der Waals surface area contributed by atoms with Crippen LogP contribution in [-0.2, 0) is 25.9 Å². The molecule has 0 aliphatic heterocycles. The summed E-state index contributed by atoms with van der Waals surface area (Å²) in [5.41, 5.74) is 8.06. The molecule has 0 bridgehead atoms.